The highest BCUT2D eigenvalue weighted by Crippen LogP contribution is 2.65. The molecule has 90 valence electrons. The fourth-order valence-corrected chi connectivity index (χ4v) is 4.23. The smallest absolute Gasteiger partial charge is 0.314 e. The van der Waals surface area contributed by atoms with Crippen molar-refractivity contribution in [3.05, 3.63) is 34.3 Å². The number of carbonyl (C=O) groups is 1. The maximum atomic E-state index is 11.7. The summed E-state index contributed by atoms with van der Waals surface area (Å²) in [5.41, 5.74) is 0.666. The Hall–Kier alpha value is -0.830. The van der Waals surface area contributed by atoms with E-state index in [0.717, 1.165) is 22.9 Å². The van der Waals surface area contributed by atoms with Gasteiger partial charge in [-0.25, -0.2) is 0 Å². The third-order valence-corrected chi connectivity index (χ3v) is 5.26. The molecule has 2 saturated carbocycles. The number of hydrogen-bond donors (Lipinski definition) is 1. The van der Waals surface area contributed by atoms with E-state index in [1.54, 1.807) is 0 Å². The number of aliphatic carboxylic acids is 1. The summed E-state index contributed by atoms with van der Waals surface area (Å²) >= 11 is 3.49. The lowest BCUT2D eigenvalue weighted by molar-refractivity contribution is -0.160. The van der Waals surface area contributed by atoms with Crippen LogP contribution in [0.2, 0.25) is 0 Å². The molecule has 2 aliphatic carbocycles. The van der Waals surface area contributed by atoms with Crippen molar-refractivity contribution >= 4 is 21.9 Å². The number of rotatable bonds is 2. The van der Waals surface area contributed by atoms with Gasteiger partial charge in [0.05, 0.1) is 5.41 Å². The lowest BCUT2D eigenvalue weighted by Gasteiger charge is -2.59. The molecule has 0 amide bonds. The van der Waals surface area contributed by atoms with Crippen molar-refractivity contribution in [3.8, 4) is 0 Å². The van der Waals surface area contributed by atoms with E-state index < -0.39 is 11.4 Å². The van der Waals surface area contributed by atoms with Crippen molar-refractivity contribution < 1.29 is 9.90 Å². The first-order valence-corrected chi connectivity index (χ1v) is 6.86. The van der Waals surface area contributed by atoms with Crippen LogP contribution in [0.1, 0.15) is 37.7 Å². The second kappa shape index (κ2) is 3.58. The predicted octanol–water partition coefficient (Wildman–Crippen LogP) is 3.74. The number of benzene rings is 1. The predicted molar refractivity (Wildman–Crippen MR) is 69.0 cm³/mol. The van der Waals surface area contributed by atoms with Gasteiger partial charge < -0.3 is 5.11 Å². The quantitative estimate of drug-likeness (QED) is 0.902. The molecule has 0 radical (unpaired) electrons. The van der Waals surface area contributed by atoms with Crippen molar-refractivity contribution in [1.29, 1.82) is 0 Å². The molecule has 1 aromatic carbocycles. The maximum absolute atomic E-state index is 11.7. The standard InChI is InChI=1S/C14H15BrO2/c15-11-5-2-1-4-10(11)14(12(16)17)8-13(9-14)6-3-7-13/h1-2,4-5H,3,6-9H2,(H,16,17). The zero-order chi connectivity index (χ0) is 12.1. The Labute approximate surface area is 109 Å². The molecular formula is C14H15BrO2. The molecule has 0 aromatic heterocycles. The van der Waals surface area contributed by atoms with Gasteiger partial charge in [-0.3, -0.25) is 4.79 Å². The zero-order valence-corrected chi connectivity index (χ0v) is 11.2. The zero-order valence-electron chi connectivity index (χ0n) is 9.58. The first-order chi connectivity index (χ1) is 8.08. The molecule has 2 aliphatic rings. The Morgan fingerprint density at radius 2 is 1.88 bits per heavy atom. The number of carboxylic acids is 1. The van der Waals surface area contributed by atoms with E-state index in [9.17, 15) is 9.90 Å². The Bertz CT molecular complexity index is 469. The molecule has 0 saturated heterocycles. The Balaban J connectivity index is 1.97. The molecule has 1 aromatic rings. The minimum Gasteiger partial charge on any atom is -0.481 e. The lowest BCUT2D eigenvalue weighted by Crippen LogP contribution is -2.57. The van der Waals surface area contributed by atoms with Crippen molar-refractivity contribution in [2.45, 2.75) is 37.5 Å². The van der Waals surface area contributed by atoms with Crippen LogP contribution in [0.15, 0.2) is 28.7 Å². The Kier molecular flexibility index (Phi) is 2.37. The monoisotopic (exact) mass is 294 g/mol. The van der Waals surface area contributed by atoms with Gasteiger partial charge in [-0.1, -0.05) is 40.5 Å². The van der Waals surface area contributed by atoms with Gasteiger partial charge in [-0.2, -0.15) is 0 Å². The van der Waals surface area contributed by atoms with E-state index in [0.29, 0.717) is 5.41 Å². The van der Waals surface area contributed by atoms with E-state index in [1.807, 2.05) is 24.3 Å². The molecule has 0 aliphatic heterocycles. The summed E-state index contributed by atoms with van der Waals surface area (Å²) in [6.45, 7) is 0. The first-order valence-electron chi connectivity index (χ1n) is 6.07. The van der Waals surface area contributed by atoms with Crippen LogP contribution in [0.25, 0.3) is 0 Å². The molecule has 1 spiro atoms. The van der Waals surface area contributed by atoms with Crippen LogP contribution in [0.4, 0.5) is 0 Å². The largest absolute Gasteiger partial charge is 0.481 e. The second-order valence-electron chi connectivity index (χ2n) is 5.57. The minimum atomic E-state index is -0.665. The van der Waals surface area contributed by atoms with Crippen molar-refractivity contribution in [3.63, 3.8) is 0 Å². The highest BCUT2D eigenvalue weighted by Gasteiger charge is 2.62. The first kappa shape index (κ1) is 11.3. The normalized spacial score (nSPS) is 23.8. The summed E-state index contributed by atoms with van der Waals surface area (Å²) in [5.74, 6) is -0.665. The van der Waals surface area contributed by atoms with Crippen LogP contribution < -0.4 is 0 Å². The van der Waals surface area contributed by atoms with Gasteiger partial charge in [-0.15, -0.1) is 0 Å². The fraction of sp³-hybridized carbons (Fsp3) is 0.500. The summed E-state index contributed by atoms with van der Waals surface area (Å²) in [7, 11) is 0. The van der Waals surface area contributed by atoms with Gasteiger partial charge >= 0.3 is 5.97 Å². The average Bonchev–Trinajstić information content (AvgIpc) is 2.16. The molecule has 3 rings (SSSR count). The van der Waals surface area contributed by atoms with E-state index in [1.165, 1.54) is 19.3 Å². The number of carboxylic acid groups (broad SMARTS) is 1. The van der Waals surface area contributed by atoms with Crippen molar-refractivity contribution in [2.75, 3.05) is 0 Å². The summed E-state index contributed by atoms with van der Waals surface area (Å²) in [4.78, 5) is 11.7. The Morgan fingerprint density at radius 3 is 2.35 bits per heavy atom. The molecule has 0 atom stereocenters. The van der Waals surface area contributed by atoms with Gasteiger partial charge in [0, 0.05) is 4.47 Å². The highest BCUT2D eigenvalue weighted by atomic mass is 79.9. The molecule has 0 heterocycles. The van der Waals surface area contributed by atoms with Gasteiger partial charge in [0.25, 0.3) is 0 Å². The SMILES string of the molecule is O=C(O)C1(c2ccccc2Br)CC2(CCC2)C1. The molecule has 0 bridgehead atoms. The van der Waals surface area contributed by atoms with Gasteiger partial charge in [0.1, 0.15) is 0 Å². The third kappa shape index (κ3) is 1.48. The summed E-state index contributed by atoms with van der Waals surface area (Å²) in [6, 6.07) is 7.74. The summed E-state index contributed by atoms with van der Waals surface area (Å²) < 4.78 is 0.927. The summed E-state index contributed by atoms with van der Waals surface area (Å²) in [5, 5.41) is 9.59. The third-order valence-electron chi connectivity index (χ3n) is 4.57. The highest BCUT2D eigenvalue weighted by molar-refractivity contribution is 9.10. The molecular weight excluding hydrogens is 280 g/mol. The van der Waals surface area contributed by atoms with Crippen LogP contribution in [-0.4, -0.2) is 11.1 Å². The van der Waals surface area contributed by atoms with Crippen LogP contribution in [0.3, 0.4) is 0 Å². The van der Waals surface area contributed by atoms with Gasteiger partial charge in [-0.05, 0) is 42.7 Å². The molecule has 3 heteroatoms. The van der Waals surface area contributed by atoms with Crippen molar-refractivity contribution in [1.82, 2.24) is 0 Å². The van der Waals surface area contributed by atoms with E-state index in [2.05, 4.69) is 15.9 Å². The second-order valence-corrected chi connectivity index (χ2v) is 6.43. The topological polar surface area (TPSA) is 37.3 Å². The Morgan fingerprint density at radius 1 is 1.24 bits per heavy atom. The maximum Gasteiger partial charge on any atom is 0.314 e. The number of halogens is 1. The molecule has 17 heavy (non-hydrogen) atoms. The fourth-order valence-electron chi connectivity index (χ4n) is 3.57. The van der Waals surface area contributed by atoms with Crippen LogP contribution >= 0.6 is 15.9 Å². The number of hydrogen-bond acceptors (Lipinski definition) is 1. The van der Waals surface area contributed by atoms with Crippen LogP contribution in [0, 0.1) is 5.41 Å². The van der Waals surface area contributed by atoms with Crippen LogP contribution in [-0.2, 0) is 10.2 Å². The molecule has 2 nitrogen and oxygen atoms in total. The van der Waals surface area contributed by atoms with Crippen LogP contribution in [0.5, 0.6) is 0 Å². The van der Waals surface area contributed by atoms with Crippen molar-refractivity contribution in [2.24, 2.45) is 5.41 Å². The lowest BCUT2D eigenvalue weighted by atomic mass is 9.44. The van der Waals surface area contributed by atoms with Gasteiger partial charge in [0.15, 0.2) is 0 Å². The molecule has 0 unspecified atom stereocenters. The average molecular weight is 295 g/mol. The minimum absolute atomic E-state index is 0.355. The van der Waals surface area contributed by atoms with E-state index in [4.69, 9.17) is 0 Å². The van der Waals surface area contributed by atoms with E-state index >= 15 is 0 Å². The van der Waals surface area contributed by atoms with E-state index in [-0.39, 0.29) is 0 Å². The summed E-state index contributed by atoms with van der Waals surface area (Å²) in [6.07, 6.45) is 5.33. The molecule has 2 fully saturated rings. The molecule has 1 N–H and O–H groups in total. The van der Waals surface area contributed by atoms with Gasteiger partial charge in [0.2, 0.25) is 0 Å².